The van der Waals surface area contributed by atoms with E-state index in [1.807, 2.05) is 6.07 Å². The second-order valence-corrected chi connectivity index (χ2v) is 5.81. The lowest BCUT2D eigenvalue weighted by atomic mass is 10.2. The van der Waals surface area contributed by atoms with Gasteiger partial charge in [-0.15, -0.1) is 0 Å². The molecule has 1 aliphatic rings. The maximum Gasteiger partial charge on any atom is 0.225 e. The quantitative estimate of drug-likeness (QED) is 0.912. The zero-order chi connectivity index (χ0) is 14.7. The van der Waals surface area contributed by atoms with E-state index in [4.69, 9.17) is 4.98 Å². The van der Waals surface area contributed by atoms with Crippen LogP contribution in [-0.4, -0.2) is 55.1 Å². The van der Waals surface area contributed by atoms with E-state index in [1.165, 1.54) is 12.8 Å². The summed E-state index contributed by atoms with van der Waals surface area (Å²) in [4.78, 5) is 13.9. The van der Waals surface area contributed by atoms with E-state index in [0.29, 0.717) is 0 Å². The summed E-state index contributed by atoms with van der Waals surface area (Å²) in [5.74, 6) is 1.81. The van der Waals surface area contributed by atoms with Crippen LogP contribution < -0.4 is 10.2 Å². The largest absolute Gasteiger partial charge is 0.356 e. The van der Waals surface area contributed by atoms with Crippen molar-refractivity contribution < 1.29 is 0 Å². The minimum Gasteiger partial charge on any atom is -0.356 e. The van der Waals surface area contributed by atoms with E-state index in [1.54, 1.807) is 0 Å². The molecule has 2 heterocycles. The Morgan fingerprint density at radius 3 is 2.67 bits per heavy atom. The second-order valence-electron chi connectivity index (χ2n) is 5.81. The summed E-state index contributed by atoms with van der Waals surface area (Å²) in [6.07, 6.45) is 2.50. The Labute approximate surface area is 126 Å². The number of hydrogen-bond acceptors (Lipinski definition) is 5. The van der Waals surface area contributed by atoms with Gasteiger partial charge in [0.2, 0.25) is 5.95 Å². The summed E-state index contributed by atoms with van der Waals surface area (Å²) in [6, 6.07) is 8.28. The van der Waals surface area contributed by atoms with Crippen molar-refractivity contribution in [3.8, 4) is 0 Å². The number of fused-ring (bicyclic) bond motifs is 1. The number of benzene rings is 1. The molecule has 5 heteroatoms. The van der Waals surface area contributed by atoms with Crippen LogP contribution in [0.25, 0.3) is 10.9 Å². The van der Waals surface area contributed by atoms with Crippen molar-refractivity contribution in [3.63, 3.8) is 0 Å². The Morgan fingerprint density at radius 2 is 1.90 bits per heavy atom. The van der Waals surface area contributed by atoms with Crippen LogP contribution in [0.3, 0.4) is 0 Å². The molecule has 0 aliphatic carbocycles. The molecule has 2 aromatic rings. The van der Waals surface area contributed by atoms with Crippen LogP contribution in [0.4, 0.5) is 11.8 Å². The van der Waals surface area contributed by atoms with Gasteiger partial charge in [-0.2, -0.15) is 4.98 Å². The zero-order valence-corrected chi connectivity index (χ0v) is 12.8. The standard InChI is InChI=1S/C16H23N5/c1-20(2)12-9-17-16-18-14-8-4-3-7-13(14)15(19-16)21-10-5-6-11-21/h3-4,7-8H,5-6,9-12H2,1-2H3,(H,17,18,19). The number of aromatic nitrogens is 2. The summed E-state index contributed by atoms with van der Waals surface area (Å²) in [6.45, 7) is 4.01. The van der Waals surface area contributed by atoms with Crippen molar-refractivity contribution in [2.24, 2.45) is 0 Å². The van der Waals surface area contributed by atoms with Crippen molar-refractivity contribution in [1.82, 2.24) is 14.9 Å². The molecule has 3 rings (SSSR count). The van der Waals surface area contributed by atoms with Crippen LogP contribution in [0.2, 0.25) is 0 Å². The third kappa shape index (κ3) is 3.24. The van der Waals surface area contributed by atoms with Crippen LogP contribution in [0.15, 0.2) is 24.3 Å². The smallest absolute Gasteiger partial charge is 0.225 e. The van der Waals surface area contributed by atoms with E-state index >= 15 is 0 Å². The first-order valence-corrected chi connectivity index (χ1v) is 7.64. The maximum atomic E-state index is 4.76. The minimum absolute atomic E-state index is 0.734. The molecule has 0 spiro atoms. The predicted octanol–water partition coefficient (Wildman–Crippen LogP) is 2.20. The monoisotopic (exact) mass is 285 g/mol. The van der Waals surface area contributed by atoms with Crippen LogP contribution in [-0.2, 0) is 0 Å². The fourth-order valence-corrected chi connectivity index (χ4v) is 2.70. The second kappa shape index (κ2) is 6.26. The molecule has 0 saturated carbocycles. The van der Waals surface area contributed by atoms with Gasteiger partial charge in [0.05, 0.1) is 5.52 Å². The molecular weight excluding hydrogens is 262 g/mol. The van der Waals surface area contributed by atoms with Gasteiger partial charge >= 0.3 is 0 Å². The van der Waals surface area contributed by atoms with Crippen molar-refractivity contribution in [2.45, 2.75) is 12.8 Å². The third-order valence-corrected chi connectivity index (χ3v) is 3.83. The van der Waals surface area contributed by atoms with Gasteiger partial charge in [-0.3, -0.25) is 0 Å². The highest BCUT2D eigenvalue weighted by atomic mass is 15.2. The molecule has 5 nitrogen and oxygen atoms in total. The molecule has 1 N–H and O–H groups in total. The molecule has 21 heavy (non-hydrogen) atoms. The lowest BCUT2D eigenvalue weighted by molar-refractivity contribution is 0.425. The third-order valence-electron chi connectivity index (χ3n) is 3.83. The maximum absolute atomic E-state index is 4.76. The molecule has 0 atom stereocenters. The summed E-state index contributed by atoms with van der Waals surface area (Å²) in [7, 11) is 4.14. The van der Waals surface area contributed by atoms with Gasteiger partial charge in [0.25, 0.3) is 0 Å². The van der Waals surface area contributed by atoms with Crippen LogP contribution in [0, 0.1) is 0 Å². The number of nitrogens with zero attached hydrogens (tertiary/aromatic N) is 4. The summed E-state index contributed by atoms with van der Waals surface area (Å²) in [5.41, 5.74) is 1.02. The number of rotatable bonds is 5. The highest BCUT2D eigenvalue weighted by Crippen LogP contribution is 2.27. The number of para-hydroxylation sites is 1. The van der Waals surface area contributed by atoms with E-state index < -0.39 is 0 Å². The van der Waals surface area contributed by atoms with Crippen LogP contribution in [0.5, 0.6) is 0 Å². The minimum atomic E-state index is 0.734. The normalized spacial score (nSPS) is 15.1. The lowest BCUT2D eigenvalue weighted by Crippen LogP contribution is -2.23. The SMILES string of the molecule is CN(C)CCNc1nc(N2CCCC2)c2ccccc2n1. The van der Waals surface area contributed by atoms with Gasteiger partial charge in [-0.25, -0.2) is 4.98 Å². The van der Waals surface area contributed by atoms with Crippen LogP contribution in [0.1, 0.15) is 12.8 Å². The number of likely N-dealkylation sites (N-methyl/N-ethyl adjacent to an activating group) is 1. The highest BCUT2D eigenvalue weighted by molar-refractivity contribution is 5.90. The van der Waals surface area contributed by atoms with E-state index in [-0.39, 0.29) is 0 Å². The Bertz CT molecular complexity index is 605. The molecule has 1 aromatic carbocycles. The predicted molar refractivity (Wildman–Crippen MR) is 88.0 cm³/mol. The van der Waals surface area contributed by atoms with Gasteiger partial charge in [0.15, 0.2) is 0 Å². The van der Waals surface area contributed by atoms with Crippen molar-refractivity contribution in [2.75, 3.05) is 50.5 Å². The van der Waals surface area contributed by atoms with Gasteiger partial charge < -0.3 is 15.1 Å². The molecule has 1 aromatic heterocycles. The molecule has 0 unspecified atom stereocenters. The Morgan fingerprint density at radius 1 is 1.14 bits per heavy atom. The highest BCUT2D eigenvalue weighted by Gasteiger charge is 2.17. The topological polar surface area (TPSA) is 44.3 Å². The Kier molecular flexibility index (Phi) is 4.20. The van der Waals surface area contributed by atoms with Gasteiger partial charge in [-0.05, 0) is 39.1 Å². The molecule has 0 bridgehead atoms. The zero-order valence-electron chi connectivity index (χ0n) is 12.8. The van der Waals surface area contributed by atoms with E-state index in [0.717, 1.165) is 48.8 Å². The summed E-state index contributed by atoms with van der Waals surface area (Å²) >= 11 is 0. The van der Waals surface area contributed by atoms with E-state index in [9.17, 15) is 0 Å². The van der Waals surface area contributed by atoms with Crippen molar-refractivity contribution in [3.05, 3.63) is 24.3 Å². The molecule has 0 amide bonds. The van der Waals surface area contributed by atoms with Gasteiger partial charge in [0, 0.05) is 31.6 Å². The van der Waals surface area contributed by atoms with Crippen molar-refractivity contribution in [1.29, 1.82) is 0 Å². The van der Waals surface area contributed by atoms with Gasteiger partial charge in [0.1, 0.15) is 5.82 Å². The molecule has 1 fully saturated rings. The van der Waals surface area contributed by atoms with Gasteiger partial charge in [-0.1, -0.05) is 12.1 Å². The molecule has 0 radical (unpaired) electrons. The fraction of sp³-hybridized carbons (Fsp3) is 0.500. The average Bonchev–Trinajstić information content (AvgIpc) is 3.00. The molecule has 1 aliphatic heterocycles. The fourth-order valence-electron chi connectivity index (χ4n) is 2.70. The number of anilines is 2. The van der Waals surface area contributed by atoms with Crippen molar-refractivity contribution >= 4 is 22.7 Å². The molecule has 1 saturated heterocycles. The van der Waals surface area contributed by atoms with E-state index in [2.05, 4.69) is 52.4 Å². The number of hydrogen-bond donors (Lipinski definition) is 1. The molecular formula is C16H23N5. The molecule has 112 valence electrons. The first-order chi connectivity index (χ1) is 10.2. The first-order valence-electron chi connectivity index (χ1n) is 7.64. The lowest BCUT2D eigenvalue weighted by Gasteiger charge is -2.19. The van der Waals surface area contributed by atoms with Crippen LogP contribution >= 0.6 is 0 Å². The average molecular weight is 285 g/mol. The number of nitrogens with one attached hydrogen (secondary N) is 1. The summed E-state index contributed by atoms with van der Waals surface area (Å²) < 4.78 is 0. The Balaban J connectivity index is 1.90. The Hall–Kier alpha value is -1.88. The first kappa shape index (κ1) is 14.1. The summed E-state index contributed by atoms with van der Waals surface area (Å²) in [5, 5.41) is 4.49.